The number of aromatic nitrogens is 4. The van der Waals surface area contributed by atoms with E-state index < -0.39 is 17.2 Å². The van der Waals surface area contributed by atoms with E-state index in [9.17, 15) is 19.2 Å². The number of carboxylic acids is 1. The monoisotopic (exact) mass is 1000 g/mol. The van der Waals surface area contributed by atoms with Crippen molar-refractivity contribution in [3.8, 4) is 0 Å². The van der Waals surface area contributed by atoms with Crippen molar-refractivity contribution in [2.45, 2.75) is 149 Å². The molecule has 4 heterocycles. The van der Waals surface area contributed by atoms with Crippen LogP contribution in [0.15, 0.2) is 54.4 Å². The average molecular weight is 1000 g/mol. The lowest BCUT2D eigenvalue weighted by molar-refractivity contribution is 0.0224. The minimum absolute atomic E-state index is 0.0365. The van der Waals surface area contributed by atoms with Gasteiger partial charge in [-0.25, -0.2) is 14.4 Å². The van der Waals surface area contributed by atoms with Gasteiger partial charge in [0.05, 0.1) is 0 Å². The van der Waals surface area contributed by atoms with E-state index in [1.54, 1.807) is 9.80 Å². The van der Waals surface area contributed by atoms with Gasteiger partial charge in [-0.2, -0.15) is 9.97 Å². The minimum Gasteiger partial charge on any atom is -0.475 e. The predicted molar refractivity (Wildman–Crippen MR) is 242 cm³/mol. The number of nitrogens with zero attached hydrogens (tertiary/aromatic N) is 6. The lowest BCUT2D eigenvalue weighted by atomic mass is 9.88. The van der Waals surface area contributed by atoms with Gasteiger partial charge in [-0.05, 0) is 112 Å². The first-order valence-corrected chi connectivity index (χ1v) is 22.3. The molecule has 18 heteroatoms. The molecule has 4 aromatic rings. The summed E-state index contributed by atoms with van der Waals surface area (Å²) in [5, 5.41) is 15.7. The van der Waals surface area contributed by atoms with Gasteiger partial charge in [0, 0.05) is 58.4 Å². The highest BCUT2D eigenvalue weighted by Crippen LogP contribution is 2.35. The normalized spacial score (nSPS) is 16.7. The highest BCUT2D eigenvalue weighted by molar-refractivity contribution is 9.10. The number of carbonyl (C=O) groups excluding carboxylic acids is 3. The number of carbonyl (C=O) groups is 4. The summed E-state index contributed by atoms with van der Waals surface area (Å²) in [6, 6.07) is 12.0. The Kier molecular flexibility index (Phi) is 16.5. The molecule has 0 bridgehead atoms. The molecule has 0 spiro atoms. The number of aromatic carboxylic acids is 1. The second-order valence-electron chi connectivity index (χ2n) is 19.6. The highest BCUT2D eigenvalue weighted by Gasteiger charge is 2.32. The van der Waals surface area contributed by atoms with E-state index in [4.69, 9.17) is 29.4 Å². The fourth-order valence-corrected chi connectivity index (χ4v) is 7.23. The SMILES string of the molecule is CC(C)(C)OC(=O)N1CC[C@@H](CC(=O)c2noc(C(C)(C)C)n2)c2ccc(Br)cc2C1.CC(C)(C)OC(=O)N1CC[C@@H](N)c2ccc(Br)cc2C1.CC(C)(C)c1nc(C(=O)O)no1. The Labute approximate surface area is 386 Å². The molecule has 0 aliphatic carbocycles. The van der Waals surface area contributed by atoms with Crippen LogP contribution >= 0.6 is 31.9 Å². The maximum atomic E-state index is 12.9. The van der Waals surface area contributed by atoms with E-state index in [1.807, 2.05) is 119 Å². The summed E-state index contributed by atoms with van der Waals surface area (Å²) in [5.41, 5.74) is 8.77. The van der Waals surface area contributed by atoms with Gasteiger partial charge in [-0.1, -0.05) is 90.7 Å². The van der Waals surface area contributed by atoms with Gasteiger partial charge >= 0.3 is 18.2 Å². The van der Waals surface area contributed by atoms with Gasteiger partial charge in [-0.3, -0.25) is 4.79 Å². The number of carboxylic acid groups (broad SMARTS) is 1. The molecule has 6 rings (SSSR count). The van der Waals surface area contributed by atoms with E-state index in [1.165, 1.54) is 0 Å². The summed E-state index contributed by atoms with van der Waals surface area (Å²) in [6.07, 6.45) is 1.01. The first-order chi connectivity index (χ1) is 29.0. The number of amides is 2. The summed E-state index contributed by atoms with van der Waals surface area (Å²) < 4.78 is 23.0. The molecule has 2 aliphatic heterocycles. The number of rotatable bonds is 4. The van der Waals surface area contributed by atoms with Crippen molar-refractivity contribution in [1.82, 2.24) is 30.1 Å². The molecular weight excluding hydrogens is 942 g/mol. The number of nitrogens with two attached hydrogens (primary N) is 1. The molecule has 344 valence electrons. The second-order valence-corrected chi connectivity index (χ2v) is 21.5. The Balaban J connectivity index is 0.000000232. The molecule has 2 aliphatic rings. The Morgan fingerprint density at radius 1 is 0.698 bits per heavy atom. The van der Waals surface area contributed by atoms with Crippen molar-refractivity contribution in [2.24, 2.45) is 5.73 Å². The molecule has 0 radical (unpaired) electrons. The number of hydrogen-bond donors (Lipinski definition) is 2. The number of ether oxygens (including phenoxy) is 2. The number of benzene rings is 2. The summed E-state index contributed by atoms with van der Waals surface area (Å²) in [7, 11) is 0. The summed E-state index contributed by atoms with van der Waals surface area (Å²) in [6.45, 7) is 24.7. The Morgan fingerprint density at radius 3 is 1.56 bits per heavy atom. The third-order valence-electron chi connectivity index (χ3n) is 9.54. The van der Waals surface area contributed by atoms with E-state index in [2.05, 4.69) is 52.1 Å². The van der Waals surface area contributed by atoms with Crippen molar-refractivity contribution < 1.29 is 42.8 Å². The van der Waals surface area contributed by atoms with Gasteiger partial charge in [-0.15, -0.1) is 0 Å². The van der Waals surface area contributed by atoms with Gasteiger partial charge in [0.15, 0.2) is 0 Å². The topological polar surface area (TPSA) is 217 Å². The Hall–Kier alpha value is -4.68. The summed E-state index contributed by atoms with van der Waals surface area (Å²) in [5.74, 6) is -0.800. The quantitative estimate of drug-likeness (QED) is 0.182. The Bertz CT molecular complexity index is 2250. The van der Waals surface area contributed by atoms with Crippen LogP contribution in [-0.4, -0.2) is 83.4 Å². The molecule has 3 N–H and O–H groups in total. The largest absolute Gasteiger partial charge is 0.475 e. The van der Waals surface area contributed by atoms with Crippen molar-refractivity contribution >= 4 is 55.8 Å². The standard InChI is InChI=1S/C23H30BrN3O4.C15H21BrN2O2.C7H10N2O3/c1-22(2,3)20-25-19(26-31-20)18(28)12-14-9-10-27(21(29)30-23(4,5)6)13-15-11-16(24)7-8-17(14)15;1-15(2,3)20-14(19)18-7-6-13(17)12-5-4-11(16)8-10(12)9-18;1-7(2,3)6-8-4(5(10)11)9-12-6/h7-8,11,14H,9-10,12-13H2,1-6H3;4-5,8,13H,6-7,9,17H2,1-3H3;1-3H3,(H,10,11)/t14-;13-;/m01./s1. The van der Waals surface area contributed by atoms with Crippen LogP contribution in [0.3, 0.4) is 0 Å². The van der Waals surface area contributed by atoms with Gasteiger partial charge in [0.1, 0.15) is 11.2 Å². The smallest absolute Gasteiger partial charge is 0.410 e. The van der Waals surface area contributed by atoms with Crippen LogP contribution in [0.1, 0.15) is 170 Å². The van der Waals surface area contributed by atoms with Crippen LogP contribution in [0.5, 0.6) is 0 Å². The molecule has 63 heavy (non-hydrogen) atoms. The molecule has 0 saturated heterocycles. The Morgan fingerprint density at radius 2 is 1.13 bits per heavy atom. The van der Waals surface area contributed by atoms with Crippen LogP contribution in [-0.2, 0) is 33.4 Å². The van der Waals surface area contributed by atoms with Crippen molar-refractivity contribution in [2.75, 3.05) is 13.1 Å². The molecule has 2 aromatic heterocycles. The number of halogens is 2. The predicted octanol–water partition coefficient (Wildman–Crippen LogP) is 10.3. The van der Waals surface area contributed by atoms with Crippen molar-refractivity contribution in [3.63, 3.8) is 0 Å². The number of fused-ring (bicyclic) bond motifs is 2. The molecule has 16 nitrogen and oxygen atoms in total. The summed E-state index contributed by atoms with van der Waals surface area (Å²) in [4.78, 5) is 59.7. The fourth-order valence-electron chi connectivity index (χ4n) is 6.42. The average Bonchev–Trinajstić information content (AvgIpc) is 3.79. The highest BCUT2D eigenvalue weighted by atomic mass is 79.9. The van der Waals surface area contributed by atoms with E-state index >= 15 is 0 Å². The van der Waals surface area contributed by atoms with Crippen molar-refractivity contribution in [1.29, 1.82) is 0 Å². The van der Waals surface area contributed by atoms with Gasteiger partial charge in [0.25, 0.3) is 5.82 Å². The molecule has 0 fully saturated rings. The van der Waals surface area contributed by atoms with Crippen molar-refractivity contribution in [3.05, 3.63) is 91.0 Å². The molecular formula is C45H61Br2N7O9. The summed E-state index contributed by atoms with van der Waals surface area (Å²) >= 11 is 6.98. The van der Waals surface area contributed by atoms with E-state index in [0.717, 1.165) is 37.6 Å². The maximum Gasteiger partial charge on any atom is 0.410 e. The van der Waals surface area contributed by atoms with Crippen LogP contribution < -0.4 is 5.73 Å². The molecule has 0 saturated carbocycles. The fraction of sp³-hybridized carbons (Fsp3) is 0.556. The lowest BCUT2D eigenvalue weighted by Gasteiger charge is -2.26. The third kappa shape index (κ3) is 15.2. The van der Waals surface area contributed by atoms with Gasteiger partial charge in [0.2, 0.25) is 23.4 Å². The van der Waals surface area contributed by atoms with E-state index in [0.29, 0.717) is 44.4 Å². The molecule has 2 amide bonds. The zero-order valence-corrected chi connectivity index (χ0v) is 41.5. The number of ketones is 1. The molecule has 2 atom stereocenters. The lowest BCUT2D eigenvalue weighted by Crippen LogP contribution is -2.36. The minimum atomic E-state index is -1.17. The van der Waals surface area contributed by atoms with Crippen LogP contribution in [0.25, 0.3) is 0 Å². The second kappa shape index (κ2) is 20.4. The zero-order chi connectivity index (χ0) is 47.2. The molecule has 2 aromatic carbocycles. The third-order valence-corrected chi connectivity index (χ3v) is 10.5. The maximum absolute atomic E-state index is 12.9. The number of hydrogen-bond acceptors (Lipinski definition) is 13. The van der Waals surface area contributed by atoms with Gasteiger partial charge < -0.3 is 39.2 Å². The first-order valence-electron chi connectivity index (χ1n) is 20.7. The number of Topliss-reactive ketones (excluding diaryl/α,β-unsaturated/α-hetero) is 1. The van der Waals surface area contributed by atoms with Crippen LogP contribution in [0, 0.1) is 0 Å². The first kappa shape index (κ1) is 51.0. The van der Waals surface area contributed by atoms with Crippen LogP contribution in [0.2, 0.25) is 0 Å². The molecule has 0 unspecified atom stereocenters. The zero-order valence-electron chi connectivity index (χ0n) is 38.3. The van der Waals surface area contributed by atoms with Crippen LogP contribution in [0.4, 0.5) is 9.59 Å². The van der Waals surface area contributed by atoms with E-state index in [-0.39, 0.29) is 58.8 Å².